The van der Waals surface area contributed by atoms with Crippen LogP contribution in [0.4, 0.5) is 0 Å². The van der Waals surface area contributed by atoms with Crippen LogP contribution in [0.3, 0.4) is 0 Å². The van der Waals surface area contributed by atoms with Crippen molar-refractivity contribution in [3.8, 4) is 5.75 Å². The molecule has 0 bridgehead atoms. The Hall–Kier alpha value is -1.51. The summed E-state index contributed by atoms with van der Waals surface area (Å²) < 4.78 is 11.0. The first-order chi connectivity index (χ1) is 9.34. The largest absolute Gasteiger partial charge is 0.491 e. The van der Waals surface area contributed by atoms with Crippen LogP contribution in [0.5, 0.6) is 5.75 Å². The van der Waals surface area contributed by atoms with E-state index in [0.717, 1.165) is 5.75 Å². The maximum Gasteiger partial charge on any atom is 0.135 e. The Balaban J connectivity index is 1.63. The van der Waals surface area contributed by atoms with Crippen molar-refractivity contribution in [2.75, 3.05) is 13.2 Å². The molecule has 19 heavy (non-hydrogen) atoms. The minimum absolute atomic E-state index is 0.318. The molecule has 0 fully saturated rings. The zero-order valence-corrected chi connectivity index (χ0v) is 11.4. The van der Waals surface area contributed by atoms with E-state index < -0.39 is 0 Å². The Morgan fingerprint density at radius 3 is 2.16 bits per heavy atom. The maximum absolute atomic E-state index is 6.12. The van der Waals surface area contributed by atoms with Crippen LogP contribution < -0.4 is 4.74 Å². The summed E-state index contributed by atoms with van der Waals surface area (Å²) in [5.41, 5.74) is 0.855. The molecular formula is C16H17ClO2. The average Bonchev–Trinajstić information content (AvgIpc) is 2.46. The Morgan fingerprint density at radius 1 is 0.842 bits per heavy atom. The maximum atomic E-state index is 6.12. The molecule has 0 aromatic heterocycles. The highest BCUT2D eigenvalue weighted by atomic mass is 35.5. The molecule has 3 heteroatoms. The van der Waals surface area contributed by atoms with Gasteiger partial charge in [-0.25, -0.2) is 0 Å². The summed E-state index contributed by atoms with van der Waals surface area (Å²) >= 11 is 6.12. The fourth-order valence-electron chi connectivity index (χ4n) is 1.71. The Morgan fingerprint density at radius 2 is 1.47 bits per heavy atom. The van der Waals surface area contributed by atoms with E-state index in [1.54, 1.807) is 0 Å². The molecule has 2 nitrogen and oxygen atoms in total. The number of ether oxygens (including phenoxy) is 2. The van der Waals surface area contributed by atoms with E-state index in [1.165, 1.54) is 5.56 Å². The molecule has 1 unspecified atom stereocenters. The van der Waals surface area contributed by atoms with E-state index in [9.17, 15) is 0 Å². The van der Waals surface area contributed by atoms with Crippen molar-refractivity contribution in [1.29, 1.82) is 0 Å². The number of para-hydroxylation sites is 1. The third kappa shape index (κ3) is 5.33. The molecule has 0 spiro atoms. The second-order valence-electron chi connectivity index (χ2n) is 4.13. The van der Waals surface area contributed by atoms with Crippen molar-refractivity contribution in [1.82, 2.24) is 0 Å². The first-order valence-electron chi connectivity index (χ1n) is 6.32. The molecule has 2 aromatic rings. The minimum Gasteiger partial charge on any atom is -0.491 e. The van der Waals surface area contributed by atoms with Crippen LogP contribution in [0.2, 0.25) is 0 Å². The van der Waals surface area contributed by atoms with Gasteiger partial charge in [0.25, 0.3) is 0 Å². The van der Waals surface area contributed by atoms with Crippen LogP contribution in [-0.4, -0.2) is 18.8 Å². The van der Waals surface area contributed by atoms with Gasteiger partial charge in [-0.15, -0.1) is 0 Å². The van der Waals surface area contributed by atoms with Crippen LogP contribution in [0.25, 0.3) is 0 Å². The van der Waals surface area contributed by atoms with E-state index in [0.29, 0.717) is 19.6 Å². The van der Waals surface area contributed by atoms with Gasteiger partial charge in [-0.3, -0.25) is 0 Å². The number of benzene rings is 2. The van der Waals surface area contributed by atoms with Crippen molar-refractivity contribution < 1.29 is 9.47 Å². The molecule has 1 atom stereocenters. The molecule has 0 saturated heterocycles. The Kier molecular flexibility index (Phi) is 5.73. The lowest BCUT2D eigenvalue weighted by molar-refractivity contribution is 0.0790. The van der Waals surface area contributed by atoms with Crippen molar-refractivity contribution in [3.05, 3.63) is 66.2 Å². The van der Waals surface area contributed by atoms with E-state index in [4.69, 9.17) is 21.1 Å². The summed E-state index contributed by atoms with van der Waals surface area (Å²) in [6.45, 7) is 0.984. The smallest absolute Gasteiger partial charge is 0.135 e. The molecule has 100 valence electrons. The molecule has 0 radical (unpaired) electrons. The van der Waals surface area contributed by atoms with Gasteiger partial charge in [0, 0.05) is 6.42 Å². The third-order valence-corrected chi connectivity index (χ3v) is 2.91. The third-order valence-electron chi connectivity index (χ3n) is 2.63. The van der Waals surface area contributed by atoms with Crippen molar-refractivity contribution in [2.45, 2.75) is 12.0 Å². The summed E-state index contributed by atoms with van der Waals surface area (Å²) in [5.74, 6) is 0.847. The molecular weight excluding hydrogens is 260 g/mol. The fraction of sp³-hybridized carbons (Fsp3) is 0.250. The van der Waals surface area contributed by atoms with E-state index >= 15 is 0 Å². The van der Waals surface area contributed by atoms with E-state index in [2.05, 4.69) is 0 Å². The summed E-state index contributed by atoms with van der Waals surface area (Å²) in [4.78, 5) is 0. The Bertz CT molecular complexity index is 459. The molecule has 0 aliphatic heterocycles. The molecule has 2 aromatic carbocycles. The quantitative estimate of drug-likeness (QED) is 0.564. The summed E-state index contributed by atoms with van der Waals surface area (Å²) in [7, 11) is 0. The fourth-order valence-corrected chi connectivity index (χ4v) is 1.98. The van der Waals surface area contributed by atoms with Crippen LogP contribution in [0, 0.1) is 0 Å². The average molecular weight is 277 g/mol. The van der Waals surface area contributed by atoms with Gasteiger partial charge >= 0.3 is 0 Å². The molecule has 0 amide bonds. The summed E-state index contributed by atoms with van der Waals surface area (Å²) in [6, 6.07) is 19.7. The van der Waals surface area contributed by atoms with Gasteiger partial charge < -0.3 is 9.47 Å². The topological polar surface area (TPSA) is 18.5 Å². The second kappa shape index (κ2) is 7.82. The lowest BCUT2D eigenvalue weighted by atomic mass is 10.2. The lowest BCUT2D eigenvalue weighted by Gasteiger charge is -2.12. The van der Waals surface area contributed by atoms with Gasteiger partial charge in [-0.2, -0.15) is 0 Å². The number of hydrogen-bond acceptors (Lipinski definition) is 2. The normalized spacial score (nSPS) is 12.1. The molecule has 2 rings (SSSR count). The highest BCUT2D eigenvalue weighted by Gasteiger charge is 2.05. The van der Waals surface area contributed by atoms with Crippen molar-refractivity contribution in [2.24, 2.45) is 0 Å². The van der Waals surface area contributed by atoms with Crippen LogP contribution >= 0.6 is 11.6 Å². The van der Waals surface area contributed by atoms with Gasteiger partial charge in [0.05, 0.1) is 6.61 Å². The predicted octanol–water partition coefficient (Wildman–Crippen LogP) is 3.89. The van der Waals surface area contributed by atoms with Crippen molar-refractivity contribution in [3.63, 3.8) is 0 Å². The molecule has 0 aliphatic rings. The molecule has 0 N–H and O–H groups in total. The lowest BCUT2D eigenvalue weighted by Crippen LogP contribution is -2.14. The van der Waals surface area contributed by atoms with Crippen LogP contribution in [0.1, 0.15) is 5.56 Å². The van der Waals surface area contributed by atoms with Gasteiger partial charge in [0.1, 0.15) is 17.9 Å². The summed E-state index contributed by atoms with van der Waals surface area (Å²) in [5, 5.41) is 0. The van der Waals surface area contributed by atoms with Crippen LogP contribution in [0.15, 0.2) is 60.7 Å². The van der Waals surface area contributed by atoms with E-state index in [1.807, 2.05) is 60.7 Å². The molecule has 0 saturated carbocycles. The second-order valence-corrected chi connectivity index (χ2v) is 4.62. The van der Waals surface area contributed by atoms with Gasteiger partial charge in [0.2, 0.25) is 0 Å². The monoisotopic (exact) mass is 276 g/mol. The first kappa shape index (κ1) is 13.9. The predicted molar refractivity (Wildman–Crippen MR) is 77.7 cm³/mol. The number of hydrogen-bond donors (Lipinski definition) is 0. The number of halogens is 1. The van der Waals surface area contributed by atoms with E-state index in [-0.39, 0.29) is 5.56 Å². The first-order valence-corrected chi connectivity index (χ1v) is 6.75. The SMILES string of the molecule is ClC(Cc1ccccc1)OCCOc1ccccc1. The highest BCUT2D eigenvalue weighted by molar-refractivity contribution is 6.19. The zero-order valence-electron chi connectivity index (χ0n) is 10.7. The minimum atomic E-state index is -0.318. The standard InChI is InChI=1S/C16H17ClO2/c17-16(13-14-7-3-1-4-8-14)19-12-11-18-15-9-5-2-6-10-15/h1-10,16H,11-13H2. The molecule has 0 heterocycles. The highest BCUT2D eigenvalue weighted by Crippen LogP contribution is 2.10. The molecule has 0 aliphatic carbocycles. The summed E-state index contributed by atoms with van der Waals surface area (Å²) in [6.07, 6.45) is 0.702. The number of alkyl halides is 1. The van der Waals surface area contributed by atoms with Crippen molar-refractivity contribution >= 4 is 11.6 Å². The number of rotatable bonds is 7. The Labute approximate surface area is 118 Å². The van der Waals surface area contributed by atoms with Gasteiger partial charge in [-0.1, -0.05) is 60.1 Å². The van der Waals surface area contributed by atoms with Gasteiger partial charge in [0.15, 0.2) is 0 Å². The zero-order chi connectivity index (χ0) is 13.3. The van der Waals surface area contributed by atoms with Gasteiger partial charge in [-0.05, 0) is 17.7 Å². The van der Waals surface area contributed by atoms with Crippen LogP contribution in [-0.2, 0) is 11.2 Å².